The van der Waals surface area contributed by atoms with E-state index in [1.54, 1.807) is 0 Å². The second kappa shape index (κ2) is 2.69. The Morgan fingerprint density at radius 3 is 2.85 bits per heavy atom. The quantitative estimate of drug-likeness (QED) is 0.581. The summed E-state index contributed by atoms with van der Waals surface area (Å²) in [6, 6.07) is -0.182. The van der Waals surface area contributed by atoms with Gasteiger partial charge in [0.2, 0.25) is 0 Å². The van der Waals surface area contributed by atoms with Crippen molar-refractivity contribution in [2.75, 3.05) is 13.7 Å². The minimum Gasteiger partial charge on any atom is -0.468 e. The summed E-state index contributed by atoms with van der Waals surface area (Å²) < 4.78 is 10.3. The number of nitrogens with one attached hydrogen (secondary N) is 1. The second-order valence-electron chi connectivity index (χ2n) is 4.19. The van der Waals surface area contributed by atoms with E-state index >= 15 is 0 Å². The lowest BCUT2D eigenvalue weighted by atomic mass is 9.77. The predicted molar refractivity (Wildman–Crippen MR) is 46.2 cm³/mol. The average Bonchev–Trinajstić information content (AvgIpc) is 2.42. The monoisotopic (exact) mass is 185 g/mol. The second-order valence-corrected chi connectivity index (χ2v) is 4.19. The van der Waals surface area contributed by atoms with Crippen LogP contribution in [0.2, 0.25) is 0 Å². The molecule has 2 rings (SSSR count). The lowest BCUT2D eigenvalue weighted by Crippen LogP contribution is -2.59. The zero-order valence-electron chi connectivity index (χ0n) is 8.16. The molecule has 0 aromatic heterocycles. The molecule has 1 N–H and O–H groups in total. The predicted octanol–water partition coefficient (Wildman–Crippen LogP) is -0.0752. The van der Waals surface area contributed by atoms with Gasteiger partial charge in [0, 0.05) is 12.5 Å². The van der Waals surface area contributed by atoms with Gasteiger partial charge in [-0.25, -0.2) is 0 Å². The summed E-state index contributed by atoms with van der Waals surface area (Å²) in [4.78, 5) is 11.4. The van der Waals surface area contributed by atoms with Crippen molar-refractivity contribution in [1.82, 2.24) is 5.32 Å². The maximum Gasteiger partial charge on any atom is 0.323 e. The van der Waals surface area contributed by atoms with Gasteiger partial charge in [0.1, 0.15) is 6.04 Å². The first kappa shape index (κ1) is 8.97. The highest BCUT2D eigenvalue weighted by atomic mass is 16.5. The molecule has 2 fully saturated rings. The van der Waals surface area contributed by atoms with Crippen molar-refractivity contribution in [2.24, 2.45) is 5.92 Å². The first-order chi connectivity index (χ1) is 6.06. The molecule has 2 saturated heterocycles. The molecule has 2 heterocycles. The Kier molecular flexibility index (Phi) is 1.85. The molecular weight excluding hydrogens is 170 g/mol. The Bertz CT molecular complexity index is 239. The lowest BCUT2D eigenvalue weighted by molar-refractivity contribution is -0.227. The van der Waals surface area contributed by atoms with Crippen LogP contribution in [0.15, 0.2) is 0 Å². The molecule has 0 aromatic rings. The van der Waals surface area contributed by atoms with Gasteiger partial charge < -0.3 is 14.8 Å². The third kappa shape index (κ3) is 1.16. The fourth-order valence-corrected chi connectivity index (χ4v) is 2.43. The summed E-state index contributed by atoms with van der Waals surface area (Å²) in [5.74, 6) is 0.0869. The summed E-state index contributed by atoms with van der Waals surface area (Å²) in [5.41, 5.74) is -0.187. The van der Waals surface area contributed by atoms with Gasteiger partial charge in [-0.15, -0.1) is 0 Å². The highest BCUT2D eigenvalue weighted by molar-refractivity contribution is 5.77. The summed E-state index contributed by atoms with van der Waals surface area (Å²) in [7, 11) is 1.42. The summed E-state index contributed by atoms with van der Waals surface area (Å²) >= 11 is 0. The van der Waals surface area contributed by atoms with Crippen LogP contribution >= 0.6 is 0 Å². The van der Waals surface area contributed by atoms with Crippen molar-refractivity contribution >= 4 is 5.97 Å². The molecule has 4 nitrogen and oxygen atoms in total. The van der Waals surface area contributed by atoms with Crippen LogP contribution in [0, 0.1) is 5.92 Å². The highest BCUT2D eigenvalue weighted by Crippen LogP contribution is 2.43. The molecule has 0 saturated carbocycles. The van der Waals surface area contributed by atoms with Crippen molar-refractivity contribution in [3.8, 4) is 0 Å². The maximum absolute atomic E-state index is 11.4. The highest BCUT2D eigenvalue weighted by Gasteiger charge is 2.58. The molecule has 2 aliphatic heterocycles. The Labute approximate surface area is 77.6 Å². The average molecular weight is 185 g/mol. The lowest BCUT2D eigenvalue weighted by Gasteiger charge is -2.48. The van der Waals surface area contributed by atoms with Crippen LogP contribution in [0.3, 0.4) is 0 Å². The van der Waals surface area contributed by atoms with Gasteiger partial charge in [0.05, 0.1) is 18.8 Å². The third-order valence-electron chi connectivity index (χ3n) is 3.01. The third-order valence-corrected chi connectivity index (χ3v) is 3.01. The van der Waals surface area contributed by atoms with Crippen molar-refractivity contribution in [3.63, 3.8) is 0 Å². The van der Waals surface area contributed by atoms with E-state index in [1.165, 1.54) is 7.11 Å². The van der Waals surface area contributed by atoms with Crippen LogP contribution in [0.5, 0.6) is 0 Å². The van der Waals surface area contributed by atoms with Gasteiger partial charge in [-0.2, -0.15) is 0 Å². The van der Waals surface area contributed by atoms with E-state index in [0.717, 1.165) is 6.54 Å². The smallest absolute Gasteiger partial charge is 0.323 e. The molecule has 3 atom stereocenters. The number of methoxy groups -OCH3 is 1. The molecule has 0 spiro atoms. The number of ether oxygens (including phenoxy) is 2. The number of carbonyl (C=O) groups is 1. The molecule has 13 heavy (non-hydrogen) atoms. The van der Waals surface area contributed by atoms with Crippen molar-refractivity contribution < 1.29 is 14.3 Å². The van der Waals surface area contributed by atoms with Crippen LogP contribution in [0.4, 0.5) is 0 Å². The molecule has 0 aliphatic carbocycles. The minimum atomic E-state index is -0.187. The van der Waals surface area contributed by atoms with Gasteiger partial charge in [-0.05, 0) is 13.8 Å². The van der Waals surface area contributed by atoms with Crippen LogP contribution in [0.25, 0.3) is 0 Å². The van der Waals surface area contributed by atoms with Gasteiger partial charge >= 0.3 is 5.97 Å². The number of carbonyl (C=O) groups excluding carboxylic acids is 1. The van der Waals surface area contributed by atoms with E-state index in [0.29, 0.717) is 0 Å². The Hall–Kier alpha value is -0.610. The zero-order chi connectivity index (χ0) is 9.64. The number of esters is 1. The van der Waals surface area contributed by atoms with Crippen molar-refractivity contribution in [1.29, 1.82) is 0 Å². The molecule has 0 aromatic carbocycles. The molecule has 2 aliphatic rings. The van der Waals surface area contributed by atoms with Crippen LogP contribution in [0.1, 0.15) is 13.8 Å². The van der Waals surface area contributed by atoms with E-state index in [9.17, 15) is 4.79 Å². The summed E-state index contributed by atoms with van der Waals surface area (Å²) in [6.45, 7) is 4.78. The molecule has 3 unspecified atom stereocenters. The number of hydrogen-bond acceptors (Lipinski definition) is 4. The van der Waals surface area contributed by atoms with E-state index < -0.39 is 0 Å². The zero-order valence-corrected chi connectivity index (χ0v) is 8.16. The van der Waals surface area contributed by atoms with Crippen LogP contribution in [-0.2, 0) is 14.3 Å². The largest absolute Gasteiger partial charge is 0.468 e. The number of hydrogen-bond donors (Lipinski definition) is 1. The Balaban J connectivity index is 2.11. The topological polar surface area (TPSA) is 47.6 Å². The van der Waals surface area contributed by atoms with E-state index in [4.69, 9.17) is 9.47 Å². The van der Waals surface area contributed by atoms with Crippen LogP contribution < -0.4 is 5.32 Å². The summed E-state index contributed by atoms with van der Waals surface area (Å²) in [6.07, 6.45) is 0.194. The molecule has 4 heteroatoms. The first-order valence-corrected chi connectivity index (χ1v) is 4.55. The molecule has 74 valence electrons. The fraction of sp³-hybridized carbons (Fsp3) is 0.889. The van der Waals surface area contributed by atoms with Gasteiger partial charge in [-0.3, -0.25) is 4.79 Å². The Morgan fingerprint density at radius 2 is 2.31 bits per heavy atom. The Morgan fingerprint density at radius 1 is 1.62 bits per heavy atom. The van der Waals surface area contributed by atoms with E-state index in [1.807, 2.05) is 13.8 Å². The van der Waals surface area contributed by atoms with E-state index in [-0.39, 0.29) is 29.6 Å². The number of fused-ring (bicyclic) bond motifs is 1. The molecule has 0 amide bonds. The first-order valence-electron chi connectivity index (χ1n) is 4.55. The fourth-order valence-electron chi connectivity index (χ4n) is 2.43. The maximum atomic E-state index is 11.4. The van der Waals surface area contributed by atoms with Gasteiger partial charge in [-0.1, -0.05) is 0 Å². The van der Waals surface area contributed by atoms with E-state index in [2.05, 4.69) is 5.32 Å². The number of rotatable bonds is 1. The van der Waals surface area contributed by atoms with Gasteiger partial charge in [0.25, 0.3) is 0 Å². The van der Waals surface area contributed by atoms with Crippen molar-refractivity contribution in [2.45, 2.75) is 31.6 Å². The van der Waals surface area contributed by atoms with Crippen LogP contribution in [-0.4, -0.2) is 37.4 Å². The van der Waals surface area contributed by atoms with Gasteiger partial charge in [0.15, 0.2) is 0 Å². The van der Waals surface area contributed by atoms with Crippen molar-refractivity contribution in [3.05, 3.63) is 0 Å². The SMILES string of the molecule is COC(=O)C1NCC2OC(C)(C)C21. The summed E-state index contributed by atoms with van der Waals surface area (Å²) in [5, 5.41) is 3.13. The molecule has 0 radical (unpaired) electrons. The molecular formula is C9H15NO3. The normalized spacial score (nSPS) is 40.7. The standard InChI is InChI=1S/C9H15NO3/c1-9(2)6-5(13-9)4-10-7(6)8(11)12-3/h5-7,10H,4H2,1-3H3. The molecule has 0 bridgehead atoms. The minimum absolute atomic E-state index is 0.177.